The molecule has 4 aromatic heterocycles. The highest BCUT2D eigenvalue weighted by molar-refractivity contribution is 7.89. The van der Waals surface area contributed by atoms with E-state index in [-0.39, 0.29) is 65.1 Å². The first-order valence-corrected chi connectivity index (χ1v) is 21.6. The summed E-state index contributed by atoms with van der Waals surface area (Å²) in [6, 6.07) is 32.0. The molecule has 6 aromatic rings. The molecule has 0 amide bonds. The Labute approximate surface area is 350 Å². The number of sulfonamides is 2. The molecule has 2 aromatic carbocycles. The molecule has 0 bridgehead atoms. The normalized spacial score (nSPS) is 12.0. The lowest BCUT2D eigenvalue weighted by atomic mass is 9.90. The number of carboxylic acid groups (broad SMARTS) is 1. The van der Waals surface area contributed by atoms with Crippen molar-refractivity contribution in [3.63, 3.8) is 0 Å². The molecule has 17 heteroatoms. The lowest BCUT2D eigenvalue weighted by molar-refractivity contribution is 0.0697. The number of aromatic carboxylic acids is 1. The van der Waals surface area contributed by atoms with Crippen LogP contribution in [0.2, 0.25) is 0 Å². The lowest BCUT2D eigenvalue weighted by Gasteiger charge is -2.26. The van der Waals surface area contributed by atoms with E-state index in [1.165, 1.54) is 67.3 Å². The van der Waals surface area contributed by atoms with Crippen LogP contribution in [-0.2, 0) is 46.2 Å². The molecule has 0 atom stereocenters. The summed E-state index contributed by atoms with van der Waals surface area (Å²) < 4.78 is 69.8. The van der Waals surface area contributed by atoms with Crippen LogP contribution in [-0.4, -0.2) is 56.5 Å². The molecule has 0 radical (unpaired) electrons. The van der Waals surface area contributed by atoms with Crippen LogP contribution in [0.15, 0.2) is 160 Å². The van der Waals surface area contributed by atoms with Gasteiger partial charge < -0.3 is 15.3 Å². The van der Waals surface area contributed by atoms with Crippen LogP contribution in [0.1, 0.15) is 33.1 Å². The number of fused-ring (bicyclic) bond motifs is 2. The Morgan fingerprint density at radius 1 is 0.590 bits per heavy atom. The minimum atomic E-state index is -4.76. The number of benzene rings is 3. The predicted octanol–water partition coefficient (Wildman–Crippen LogP) is 6.33. The number of anilines is 1. The van der Waals surface area contributed by atoms with Crippen LogP contribution in [0.25, 0.3) is 33.4 Å². The fourth-order valence-electron chi connectivity index (χ4n) is 7.08. The molecule has 0 spiro atoms. The predicted molar refractivity (Wildman–Crippen MR) is 225 cm³/mol. The molecule has 2 aliphatic rings. The van der Waals surface area contributed by atoms with Crippen molar-refractivity contribution in [1.29, 1.82) is 5.41 Å². The minimum Gasteiger partial charge on any atom is -0.478 e. The molecule has 8 rings (SSSR count). The quantitative estimate of drug-likeness (QED) is 0.0806. The molecule has 1 aliphatic carbocycles. The van der Waals surface area contributed by atoms with Crippen molar-refractivity contribution < 1.29 is 31.2 Å². The van der Waals surface area contributed by atoms with Crippen LogP contribution < -0.4 is 11.1 Å². The molecule has 306 valence electrons. The number of carboxylic acids is 1. The number of nitrogens with zero attached hydrogens (tertiary/aromatic N) is 6. The monoisotopic (exact) mass is 852 g/mol. The maximum Gasteiger partial charge on any atom is 0.336 e. The maximum absolute atomic E-state index is 15.3. The van der Waals surface area contributed by atoms with Crippen LogP contribution >= 0.6 is 0 Å². The van der Waals surface area contributed by atoms with E-state index in [1.807, 2.05) is 0 Å². The molecule has 0 saturated carbocycles. The Balaban J connectivity index is 1.44. The number of pyridine rings is 4. The van der Waals surface area contributed by atoms with Gasteiger partial charge in [0.25, 0.3) is 0 Å². The highest BCUT2D eigenvalue weighted by atomic mass is 32.2. The summed E-state index contributed by atoms with van der Waals surface area (Å²) in [6.07, 6.45) is 6.12. The molecule has 0 fully saturated rings. The van der Waals surface area contributed by atoms with Crippen molar-refractivity contribution in [1.82, 2.24) is 28.5 Å². The summed E-state index contributed by atoms with van der Waals surface area (Å²) in [5.41, 5.74) is 7.84. The Bertz CT molecular complexity index is 3060. The molecule has 4 N–H and O–H groups in total. The van der Waals surface area contributed by atoms with Crippen LogP contribution in [0.3, 0.4) is 0 Å². The van der Waals surface area contributed by atoms with E-state index in [0.717, 1.165) is 8.61 Å². The van der Waals surface area contributed by atoms with Gasteiger partial charge in [0.1, 0.15) is 4.90 Å². The van der Waals surface area contributed by atoms with E-state index in [1.54, 1.807) is 78.9 Å². The zero-order valence-corrected chi connectivity index (χ0v) is 33.8. The van der Waals surface area contributed by atoms with Gasteiger partial charge in [-0.05, 0) is 84.4 Å². The van der Waals surface area contributed by atoms with Gasteiger partial charge in [-0.3, -0.25) is 25.3 Å². The third-order valence-corrected chi connectivity index (χ3v) is 13.6. The Morgan fingerprint density at radius 2 is 1.05 bits per heavy atom. The van der Waals surface area contributed by atoms with Crippen molar-refractivity contribution >= 4 is 42.7 Å². The Hall–Kier alpha value is -7.18. The summed E-state index contributed by atoms with van der Waals surface area (Å²) in [7, 11) is -9.47. The number of aromatic nitrogens is 4. The number of nitrogens with two attached hydrogens (primary N) is 1. The molecular formula is C44H36N8O7S2. The van der Waals surface area contributed by atoms with Crippen molar-refractivity contribution in [3.05, 3.63) is 180 Å². The van der Waals surface area contributed by atoms with E-state index < -0.39 is 46.9 Å². The standard InChI is InChI=1S/C44H36N8O7S2/c45-37-19-17-35-39(33-15-1-2-16-34(33)44(53)54)36-18-20-38(46)43(61(57,58)52(27-31-13-5-9-23-49-31)28-32-14-6-10-24-50-32)41(36)59-40(35)42(37)60(55,56)51(25-29-11-3-7-21-47-29)26-30-12-4-8-22-48-30/h1-24,45H,25-28,46H2,(H,53,54). The fraction of sp³-hybridized carbons (Fsp3) is 0.0909. The minimum absolute atomic E-state index is 0.0957. The van der Waals surface area contributed by atoms with Gasteiger partial charge in [-0.2, -0.15) is 8.61 Å². The van der Waals surface area contributed by atoms with Gasteiger partial charge >= 0.3 is 5.97 Å². The van der Waals surface area contributed by atoms with E-state index in [4.69, 9.17) is 15.6 Å². The number of hydrogen-bond donors (Lipinski definition) is 3. The van der Waals surface area contributed by atoms with Crippen LogP contribution in [0.5, 0.6) is 0 Å². The third kappa shape index (κ3) is 8.09. The SMILES string of the molecule is N=c1ccc2c(-c3ccccc3C(=O)O)c3ccc(N)c(S(=O)(=O)N(Cc4ccccn4)Cc4ccccn4)c3oc-2c1S(=O)(=O)N(Cc1ccccn1)Cc1ccccn1. The summed E-state index contributed by atoms with van der Waals surface area (Å²) in [6.45, 7) is -0.907. The van der Waals surface area contributed by atoms with E-state index in [9.17, 15) is 9.90 Å². The number of carbonyl (C=O) groups is 1. The Kier molecular flexibility index (Phi) is 11.2. The average molecular weight is 853 g/mol. The van der Waals surface area contributed by atoms with Crippen molar-refractivity contribution in [2.24, 2.45) is 0 Å². The summed E-state index contributed by atoms with van der Waals surface area (Å²) in [5.74, 6) is -1.69. The zero-order chi connectivity index (χ0) is 42.7. The van der Waals surface area contributed by atoms with Gasteiger partial charge in [-0.15, -0.1) is 0 Å². The first-order chi connectivity index (χ1) is 29.4. The van der Waals surface area contributed by atoms with Crippen LogP contribution in [0, 0.1) is 5.41 Å². The van der Waals surface area contributed by atoms with Crippen LogP contribution in [0.4, 0.5) is 5.69 Å². The second kappa shape index (κ2) is 16.8. The first-order valence-electron chi connectivity index (χ1n) is 18.7. The van der Waals surface area contributed by atoms with Gasteiger partial charge in [0, 0.05) is 41.3 Å². The Morgan fingerprint density at radius 3 is 1.51 bits per heavy atom. The molecule has 0 unspecified atom stereocenters. The molecule has 15 nitrogen and oxygen atoms in total. The first kappa shape index (κ1) is 40.6. The number of nitrogen functional groups attached to an aromatic ring is 1. The van der Waals surface area contributed by atoms with E-state index >= 15 is 16.8 Å². The second-order valence-electron chi connectivity index (χ2n) is 13.8. The van der Waals surface area contributed by atoms with Gasteiger partial charge in [0.05, 0.1) is 65.6 Å². The van der Waals surface area contributed by atoms with E-state index in [2.05, 4.69) is 19.9 Å². The number of rotatable bonds is 14. The van der Waals surface area contributed by atoms with Gasteiger partial charge in [0.15, 0.2) is 16.2 Å². The lowest BCUT2D eigenvalue weighted by Crippen LogP contribution is -2.34. The van der Waals surface area contributed by atoms with Crippen molar-refractivity contribution in [2.75, 3.05) is 5.73 Å². The molecule has 1 aliphatic heterocycles. The average Bonchev–Trinajstić information content (AvgIpc) is 3.26. The highest BCUT2D eigenvalue weighted by Crippen LogP contribution is 2.46. The number of hydrogen-bond acceptors (Lipinski definition) is 12. The zero-order valence-electron chi connectivity index (χ0n) is 32.2. The third-order valence-electron chi connectivity index (χ3n) is 9.88. The van der Waals surface area contributed by atoms with Gasteiger partial charge in [-0.25, -0.2) is 21.6 Å². The maximum atomic E-state index is 15.3. The topological polar surface area (TPSA) is 227 Å². The number of nitrogens with one attached hydrogen (secondary N) is 1. The van der Waals surface area contributed by atoms with Gasteiger partial charge in [-0.1, -0.05) is 42.5 Å². The second-order valence-corrected chi connectivity index (χ2v) is 17.6. The fourth-order valence-corrected chi connectivity index (χ4v) is 10.3. The van der Waals surface area contributed by atoms with E-state index in [0.29, 0.717) is 22.8 Å². The highest BCUT2D eigenvalue weighted by Gasteiger charge is 2.37. The molecule has 5 heterocycles. The largest absolute Gasteiger partial charge is 0.478 e. The summed E-state index contributed by atoms with van der Waals surface area (Å²) >= 11 is 0. The van der Waals surface area contributed by atoms with Crippen molar-refractivity contribution in [3.8, 4) is 22.5 Å². The molecular weight excluding hydrogens is 817 g/mol. The summed E-state index contributed by atoms with van der Waals surface area (Å²) in [5, 5.41) is 19.2. The summed E-state index contributed by atoms with van der Waals surface area (Å²) in [4.78, 5) is 29.1. The van der Waals surface area contributed by atoms with Gasteiger partial charge in [0.2, 0.25) is 20.0 Å². The van der Waals surface area contributed by atoms with Crippen molar-refractivity contribution in [2.45, 2.75) is 36.0 Å². The smallest absolute Gasteiger partial charge is 0.336 e. The molecule has 0 saturated heterocycles. The molecule has 61 heavy (non-hydrogen) atoms.